The van der Waals surface area contributed by atoms with Crippen LogP contribution in [0.2, 0.25) is 0 Å². The third kappa shape index (κ3) is 6.78. The molecule has 0 spiro atoms. The first-order valence-corrected chi connectivity index (χ1v) is 9.10. The first-order chi connectivity index (χ1) is 13.7. The van der Waals surface area contributed by atoms with Crippen molar-refractivity contribution >= 4 is 17.6 Å². The van der Waals surface area contributed by atoms with Gasteiger partial charge in [-0.15, -0.1) is 0 Å². The van der Waals surface area contributed by atoms with E-state index in [1.165, 1.54) is 12.3 Å². The summed E-state index contributed by atoms with van der Waals surface area (Å²) in [6, 6.07) is 4.83. The lowest BCUT2D eigenvalue weighted by Gasteiger charge is -2.11. The maximum Gasteiger partial charge on any atom is 0.272 e. The Morgan fingerprint density at radius 3 is 2.52 bits per heavy atom. The molecule has 0 aliphatic carbocycles. The lowest BCUT2D eigenvalue weighted by molar-refractivity contribution is -0.118. The number of aryl methyl sites for hydroxylation is 2. The molecule has 2 rings (SSSR count). The summed E-state index contributed by atoms with van der Waals surface area (Å²) in [7, 11) is 0. The second kappa shape index (κ2) is 9.90. The van der Waals surface area contributed by atoms with E-state index in [-0.39, 0.29) is 30.2 Å². The number of ether oxygens (including phenoxy) is 1. The Kier molecular flexibility index (Phi) is 7.58. The Balaban J connectivity index is 2.02. The number of anilines is 1. The van der Waals surface area contributed by atoms with Crippen molar-refractivity contribution in [2.24, 2.45) is 5.92 Å². The largest absolute Gasteiger partial charge is 0.471 e. The smallest absolute Gasteiger partial charge is 0.272 e. The predicted molar refractivity (Wildman–Crippen MR) is 104 cm³/mol. The summed E-state index contributed by atoms with van der Waals surface area (Å²) in [5.74, 6) is -0.295. The van der Waals surface area contributed by atoms with Crippen LogP contribution in [0.5, 0.6) is 5.88 Å². The molecule has 0 fully saturated rings. The van der Waals surface area contributed by atoms with Gasteiger partial charge in [-0.05, 0) is 37.6 Å². The molecule has 0 aliphatic rings. The van der Waals surface area contributed by atoms with Crippen molar-refractivity contribution in [2.45, 2.75) is 40.7 Å². The molecule has 2 heterocycles. The number of nitrogens with one attached hydrogen (secondary N) is 2. The highest BCUT2D eigenvalue weighted by atomic mass is 19.3. The fourth-order valence-electron chi connectivity index (χ4n) is 2.43. The Hall–Kier alpha value is -3.10. The van der Waals surface area contributed by atoms with Gasteiger partial charge in [-0.2, -0.15) is 0 Å². The number of carbonyl (C=O) groups is 2. The highest BCUT2D eigenvalue weighted by molar-refractivity contribution is 5.97. The Morgan fingerprint density at radius 2 is 1.90 bits per heavy atom. The van der Waals surface area contributed by atoms with E-state index in [1.807, 2.05) is 0 Å². The Morgan fingerprint density at radius 1 is 1.17 bits per heavy atom. The lowest BCUT2D eigenvalue weighted by Crippen LogP contribution is -2.24. The minimum atomic E-state index is -2.57. The third-order valence-electron chi connectivity index (χ3n) is 3.88. The van der Waals surface area contributed by atoms with Gasteiger partial charge in [-0.25, -0.2) is 18.7 Å². The first-order valence-electron chi connectivity index (χ1n) is 9.10. The van der Waals surface area contributed by atoms with Gasteiger partial charge in [0.1, 0.15) is 5.82 Å². The minimum absolute atomic E-state index is 0.135. The van der Waals surface area contributed by atoms with E-state index in [1.54, 1.807) is 39.8 Å². The van der Waals surface area contributed by atoms with Crippen LogP contribution in [0.1, 0.15) is 41.0 Å². The van der Waals surface area contributed by atoms with Crippen molar-refractivity contribution in [1.29, 1.82) is 0 Å². The molecule has 0 bridgehead atoms. The zero-order valence-corrected chi connectivity index (χ0v) is 16.8. The number of aromatic nitrogens is 2. The van der Waals surface area contributed by atoms with E-state index in [4.69, 9.17) is 4.74 Å². The molecule has 0 unspecified atom stereocenters. The van der Waals surface area contributed by atoms with Gasteiger partial charge >= 0.3 is 0 Å². The summed E-state index contributed by atoms with van der Waals surface area (Å²) in [6.45, 7) is 6.41. The Bertz CT molecular complexity index is 888. The summed E-state index contributed by atoms with van der Waals surface area (Å²) in [5, 5.41) is 5.44. The van der Waals surface area contributed by atoms with Gasteiger partial charge in [0, 0.05) is 35.5 Å². The van der Waals surface area contributed by atoms with Crippen LogP contribution in [0.25, 0.3) is 0 Å². The minimum Gasteiger partial charge on any atom is -0.471 e. The molecule has 0 saturated heterocycles. The Labute approximate surface area is 167 Å². The van der Waals surface area contributed by atoms with Gasteiger partial charge in [-0.1, -0.05) is 13.8 Å². The van der Waals surface area contributed by atoms with Gasteiger partial charge in [0.2, 0.25) is 11.8 Å². The van der Waals surface area contributed by atoms with Crippen LogP contribution in [0.3, 0.4) is 0 Å². The molecule has 0 atom stereocenters. The number of hydrogen-bond acceptors (Lipinski definition) is 5. The van der Waals surface area contributed by atoms with E-state index in [0.717, 1.165) is 0 Å². The third-order valence-corrected chi connectivity index (χ3v) is 3.88. The average molecular weight is 406 g/mol. The fraction of sp³-hybridized carbons (Fsp3) is 0.400. The predicted octanol–water partition coefficient (Wildman–Crippen LogP) is 3.26. The normalized spacial score (nSPS) is 10.9. The number of carbonyl (C=O) groups excluding carboxylic acids is 2. The molecule has 9 heteroatoms. The summed E-state index contributed by atoms with van der Waals surface area (Å²) in [4.78, 5) is 32.6. The van der Waals surface area contributed by atoms with Gasteiger partial charge < -0.3 is 15.4 Å². The summed E-state index contributed by atoms with van der Waals surface area (Å²) >= 11 is 0. The second-order valence-electron chi connectivity index (χ2n) is 6.88. The molecule has 2 aromatic heterocycles. The fourth-order valence-corrected chi connectivity index (χ4v) is 2.43. The average Bonchev–Trinajstić information content (AvgIpc) is 2.64. The van der Waals surface area contributed by atoms with Crippen molar-refractivity contribution < 1.29 is 23.1 Å². The molecule has 2 aromatic rings. The highest BCUT2D eigenvalue weighted by Gasteiger charge is 2.13. The van der Waals surface area contributed by atoms with E-state index in [9.17, 15) is 18.4 Å². The van der Waals surface area contributed by atoms with E-state index in [0.29, 0.717) is 28.2 Å². The van der Waals surface area contributed by atoms with Crippen LogP contribution in [-0.2, 0) is 11.3 Å². The maximum absolute atomic E-state index is 12.5. The molecule has 2 amide bonds. The molecule has 0 aliphatic heterocycles. The quantitative estimate of drug-likeness (QED) is 0.702. The number of nitrogens with zero attached hydrogens (tertiary/aromatic N) is 2. The standard InChI is InChI=1S/C20H24F2N4O3/c1-11(2)18(27)26-17-7-15(6-13(4)25-17)19(28)23-8-14-5-12(3)20(24-9-14)29-10-16(21)22/h5-7,9,11,16H,8,10H2,1-4H3,(H,23,28)(H,25,26,27). The second-order valence-corrected chi connectivity index (χ2v) is 6.88. The van der Waals surface area contributed by atoms with Gasteiger partial charge in [-0.3, -0.25) is 9.59 Å². The molecule has 156 valence electrons. The SMILES string of the molecule is Cc1cc(C(=O)NCc2cnc(OCC(F)F)c(C)c2)cc(NC(=O)C(C)C)n1. The van der Waals surface area contributed by atoms with Crippen molar-refractivity contribution in [2.75, 3.05) is 11.9 Å². The molecular formula is C20H24F2N4O3. The van der Waals surface area contributed by atoms with Crippen LogP contribution in [0.4, 0.5) is 14.6 Å². The van der Waals surface area contributed by atoms with E-state index < -0.39 is 13.0 Å². The van der Waals surface area contributed by atoms with E-state index >= 15 is 0 Å². The van der Waals surface area contributed by atoms with Crippen LogP contribution in [0, 0.1) is 19.8 Å². The summed E-state index contributed by atoms with van der Waals surface area (Å²) in [5.41, 5.74) is 2.24. The van der Waals surface area contributed by atoms with Crippen molar-refractivity contribution in [1.82, 2.24) is 15.3 Å². The molecular weight excluding hydrogens is 382 g/mol. The molecule has 0 radical (unpaired) electrons. The van der Waals surface area contributed by atoms with Gasteiger partial charge in [0.25, 0.3) is 12.3 Å². The number of pyridine rings is 2. The monoisotopic (exact) mass is 406 g/mol. The first kappa shape index (κ1) is 22.2. The molecule has 2 N–H and O–H groups in total. The highest BCUT2D eigenvalue weighted by Crippen LogP contribution is 2.17. The van der Waals surface area contributed by atoms with Crippen LogP contribution < -0.4 is 15.4 Å². The van der Waals surface area contributed by atoms with Gasteiger partial charge in [0.05, 0.1) is 0 Å². The van der Waals surface area contributed by atoms with Crippen LogP contribution >= 0.6 is 0 Å². The van der Waals surface area contributed by atoms with Gasteiger partial charge in [0.15, 0.2) is 6.61 Å². The lowest BCUT2D eigenvalue weighted by atomic mass is 10.1. The number of hydrogen-bond donors (Lipinski definition) is 2. The van der Waals surface area contributed by atoms with Crippen LogP contribution in [0.15, 0.2) is 24.4 Å². The summed E-state index contributed by atoms with van der Waals surface area (Å²) < 4.78 is 29.4. The zero-order chi connectivity index (χ0) is 21.6. The van der Waals surface area contributed by atoms with E-state index in [2.05, 4.69) is 20.6 Å². The number of alkyl halides is 2. The number of rotatable bonds is 8. The molecule has 29 heavy (non-hydrogen) atoms. The number of halogens is 2. The van der Waals surface area contributed by atoms with Crippen molar-refractivity contribution in [3.63, 3.8) is 0 Å². The topological polar surface area (TPSA) is 93.2 Å². The molecule has 7 nitrogen and oxygen atoms in total. The summed E-state index contributed by atoms with van der Waals surface area (Å²) in [6.07, 6.45) is -1.12. The van der Waals surface area contributed by atoms with Crippen molar-refractivity contribution in [3.8, 4) is 5.88 Å². The maximum atomic E-state index is 12.5. The molecule has 0 saturated carbocycles. The van der Waals surface area contributed by atoms with Crippen molar-refractivity contribution in [3.05, 3.63) is 46.8 Å². The zero-order valence-electron chi connectivity index (χ0n) is 16.8. The van der Waals surface area contributed by atoms with Crippen LogP contribution in [-0.4, -0.2) is 34.8 Å². The molecule has 0 aromatic carbocycles. The number of amides is 2.